The Morgan fingerprint density at radius 3 is 0.891 bits per heavy atom. The predicted octanol–water partition coefficient (Wildman–Crippen LogP) is 18.9. The van der Waals surface area contributed by atoms with Crippen LogP contribution in [-0.2, 0) is 28.6 Å². The van der Waals surface area contributed by atoms with E-state index in [1.165, 1.54) is 212 Å². The number of hydrogen-bond acceptors (Lipinski definition) is 6. The van der Waals surface area contributed by atoms with Gasteiger partial charge in [0.2, 0.25) is 0 Å². The maximum atomic E-state index is 12.9. The fraction of sp³-hybridized carbons (Fsp3) is 0.948. The molecule has 0 rings (SSSR count). The number of carbonyl (C=O) groups excluding carboxylic acids is 3. The Bertz CT molecular complexity index is 980. The fourth-order valence-electron chi connectivity index (χ4n) is 8.84. The predicted molar refractivity (Wildman–Crippen MR) is 275 cm³/mol. The van der Waals surface area contributed by atoms with E-state index < -0.39 is 6.10 Å². The SMILES string of the molecule is CCCCCCCCCCCCCCCCC(=O)OC[C@@H](COC(=O)CCCCCCCCCCCCCC(C)C)OC(=O)CCCCCCCCCCCCCCCCC(C)CC. The second kappa shape index (κ2) is 50.8. The van der Waals surface area contributed by atoms with Gasteiger partial charge in [-0.3, -0.25) is 14.4 Å². The largest absolute Gasteiger partial charge is 0.462 e. The second-order valence-corrected chi connectivity index (χ2v) is 20.6. The maximum absolute atomic E-state index is 12.9. The summed E-state index contributed by atoms with van der Waals surface area (Å²) in [5.74, 6) is 0.882. The highest BCUT2D eigenvalue weighted by Gasteiger charge is 2.19. The lowest BCUT2D eigenvalue weighted by Gasteiger charge is -2.18. The molecule has 0 spiro atoms. The monoisotopic (exact) mass is 905 g/mol. The first-order valence-electron chi connectivity index (χ1n) is 28.8. The summed E-state index contributed by atoms with van der Waals surface area (Å²) in [5, 5.41) is 0. The van der Waals surface area contributed by atoms with E-state index in [0.717, 1.165) is 69.6 Å². The van der Waals surface area contributed by atoms with Gasteiger partial charge in [-0.15, -0.1) is 0 Å². The van der Waals surface area contributed by atoms with Gasteiger partial charge < -0.3 is 14.2 Å². The van der Waals surface area contributed by atoms with Gasteiger partial charge in [0.1, 0.15) is 13.2 Å². The molecule has 0 aromatic carbocycles. The molecule has 0 aliphatic carbocycles. The minimum atomic E-state index is -0.762. The molecule has 0 aliphatic heterocycles. The molecule has 0 aromatic heterocycles. The topological polar surface area (TPSA) is 78.9 Å². The van der Waals surface area contributed by atoms with Crippen LogP contribution < -0.4 is 0 Å². The zero-order valence-corrected chi connectivity index (χ0v) is 43.9. The lowest BCUT2D eigenvalue weighted by atomic mass is 9.99. The van der Waals surface area contributed by atoms with Gasteiger partial charge in [0.15, 0.2) is 6.10 Å². The van der Waals surface area contributed by atoms with Crippen molar-refractivity contribution in [3.63, 3.8) is 0 Å². The normalized spacial score (nSPS) is 12.5. The molecule has 64 heavy (non-hydrogen) atoms. The van der Waals surface area contributed by atoms with E-state index in [1.54, 1.807) is 0 Å². The number of carbonyl (C=O) groups is 3. The Kier molecular flexibility index (Phi) is 49.6. The van der Waals surface area contributed by atoms with Crippen molar-refractivity contribution < 1.29 is 28.6 Å². The average Bonchev–Trinajstić information content (AvgIpc) is 3.28. The average molecular weight is 906 g/mol. The Morgan fingerprint density at radius 2 is 0.594 bits per heavy atom. The lowest BCUT2D eigenvalue weighted by molar-refractivity contribution is -0.167. The van der Waals surface area contributed by atoms with E-state index >= 15 is 0 Å². The number of unbranched alkanes of at least 4 members (excludes halogenated alkanes) is 36. The molecule has 1 unspecified atom stereocenters. The van der Waals surface area contributed by atoms with Crippen LogP contribution in [0.3, 0.4) is 0 Å². The summed E-state index contributed by atoms with van der Waals surface area (Å²) in [4.78, 5) is 38.1. The van der Waals surface area contributed by atoms with Gasteiger partial charge in [-0.1, -0.05) is 285 Å². The Hall–Kier alpha value is -1.59. The summed E-state index contributed by atoms with van der Waals surface area (Å²) in [6, 6.07) is 0. The standard InChI is InChI=1S/C58H112O6/c1-6-8-9-10-11-12-13-14-18-23-28-33-38-43-48-56(59)62-51-55(52-63-57(60)49-44-39-34-29-25-20-21-26-31-36-41-46-53(3)4)64-58(61)50-45-40-35-30-24-19-16-15-17-22-27-32-37-42-47-54(5)7-2/h53-55H,6-52H2,1-5H3/t54?,55-/m0/s1. The fourth-order valence-corrected chi connectivity index (χ4v) is 8.84. The van der Waals surface area contributed by atoms with E-state index in [0.29, 0.717) is 19.3 Å². The summed E-state index contributed by atoms with van der Waals surface area (Å²) in [7, 11) is 0. The molecule has 0 aliphatic rings. The van der Waals surface area contributed by atoms with Gasteiger partial charge in [0, 0.05) is 19.3 Å². The van der Waals surface area contributed by atoms with Crippen molar-refractivity contribution in [1.82, 2.24) is 0 Å². The highest BCUT2D eigenvalue weighted by atomic mass is 16.6. The molecule has 6 nitrogen and oxygen atoms in total. The van der Waals surface area contributed by atoms with E-state index in [1.807, 2.05) is 0 Å². The van der Waals surface area contributed by atoms with Crippen LogP contribution in [0.5, 0.6) is 0 Å². The van der Waals surface area contributed by atoms with Crippen LogP contribution in [0.2, 0.25) is 0 Å². The quantitative estimate of drug-likeness (QED) is 0.0344. The molecule has 0 saturated carbocycles. The molecule has 0 aromatic rings. The minimum absolute atomic E-state index is 0.0627. The maximum Gasteiger partial charge on any atom is 0.306 e. The highest BCUT2D eigenvalue weighted by molar-refractivity contribution is 5.71. The van der Waals surface area contributed by atoms with Crippen molar-refractivity contribution in [3.05, 3.63) is 0 Å². The summed E-state index contributed by atoms with van der Waals surface area (Å²) in [5.41, 5.74) is 0. The van der Waals surface area contributed by atoms with Crippen LogP contribution in [0.1, 0.15) is 324 Å². The first-order valence-corrected chi connectivity index (χ1v) is 28.8. The molecule has 0 bridgehead atoms. The molecule has 2 atom stereocenters. The van der Waals surface area contributed by atoms with Crippen LogP contribution in [0.25, 0.3) is 0 Å². The zero-order chi connectivity index (χ0) is 46.8. The van der Waals surface area contributed by atoms with E-state index in [-0.39, 0.29) is 31.1 Å². The van der Waals surface area contributed by atoms with Crippen LogP contribution in [-0.4, -0.2) is 37.2 Å². The smallest absolute Gasteiger partial charge is 0.306 e. The van der Waals surface area contributed by atoms with Gasteiger partial charge in [-0.25, -0.2) is 0 Å². The van der Waals surface area contributed by atoms with Crippen LogP contribution in [0.4, 0.5) is 0 Å². The molecular formula is C58H112O6. The minimum Gasteiger partial charge on any atom is -0.462 e. The lowest BCUT2D eigenvalue weighted by Crippen LogP contribution is -2.30. The van der Waals surface area contributed by atoms with Gasteiger partial charge in [0.05, 0.1) is 0 Å². The van der Waals surface area contributed by atoms with Gasteiger partial charge in [0.25, 0.3) is 0 Å². The summed E-state index contributed by atoms with van der Waals surface area (Å²) in [6.07, 6.45) is 53.7. The molecule has 0 heterocycles. The summed E-state index contributed by atoms with van der Waals surface area (Å²) < 4.78 is 16.9. The van der Waals surface area contributed by atoms with E-state index in [9.17, 15) is 14.4 Å². The molecule has 0 amide bonds. The molecule has 0 N–H and O–H groups in total. The van der Waals surface area contributed by atoms with Crippen molar-refractivity contribution in [2.45, 2.75) is 330 Å². The molecule has 0 saturated heterocycles. The molecule has 380 valence electrons. The molecule has 0 fully saturated rings. The third-order valence-electron chi connectivity index (χ3n) is 13.6. The van der Waals surface area contributed by atoms with Crippen LogP contribution in [0.15, 0.2) is 0 Å². The Balaban J connectivity index is 4.30. The van der Waals surface area contributed by atoms with Crippen molar-refractivity contribution >= 4 is 17.9 Å². The zero-order valence-electron chi connectivity index (χ0n) is 43.9. The van der Waals surface area contributed by atoms with Crippen molar-refractivity contribution in [3.8, 4) is 0 Å². The Morgan fingerprint density at radius 1 is 0.328 bits per heavy atom. The van der Waals surface area contributed by atoms with Gasteiger partial charge in [-0.2, -0.15) is 0 Å². The number of hydrogen-bond donors (Lipinski definition) is 0. The third-order valence-corrected chi connectivity index (χ3v) is 13.6. The number of rotatable bonds is 52. The van der Waals surface area contributed by atoms with Crippen molar-refractivity contribution in [1.29, 1.82) is 0 Å². The summed E-state index contributed by atoms with van der Waals surface area (Å²) >= 11 is 0. The molecule has 0 radical (unpaired) electrons. The van der Waals surface area contributed by atoms with E-state index in [4.69, 9.17) is 14.2 Å². The number of ether oxygens (including phenoxy) is 3. The number of esters is 3. The van der Waals surface area contributed by atoms with Crippen LogP contribution >= 0.6 is 0 Å². The van der Waals surface area contributed by atoms with Gasteiger partial charge in [-0.05, 0) is 31.1 Å². The van der Waals surface area contributed by atoms with Gasteiger partial charge >= 0.3 is 17.9 Å². The second-order valence-electron chi connectivity index (χ2n) is 20.6. The first-order chi connectivity index (χ1) is 31.3. The first kappa shape index (κ1) is 62.4. The van der Waals surface area contributed by atoms with Crippen LogP contribution in [0, 0.1) is 11.8 Å². The third kappa shape index (κ3) is 49.8. The Labute approximate surface area is 399 Å². The van der Waals surface area contributed by atoms with E-state index in [2.05, 4.69) is 34.6 Å². The van der Waals surface area contributed by atoms with Crippen molar-refractivity contribution in [2.75, 3.05) is 13.2 Å². The van der Waals surface area contributed by atoms with Crippen molar-refractivity contribution in [2.24, 2.45) is 11.8 Å². The highest BCUT2D eigenvalue weighted by Crippen LogP contribution is 2.18. The molecular weight excluding hydrogens is 793 g/mol. The molecule has 6 heteroatoms. The summed E-state index contributed by atoms with van der Waals surface area (Å²) in [6.45, 7) is 11.4.